The van der Waals surface area contributed by atoms with E-state index >= 15 is 0 Å². The number of anilines is 1. The maximum absolute atomic E-state index is 13.4. The number of carbonyl (C=O) groups excluding carboxylic acids is 2. The number of benzene rings is 2. The number of rotatable bonds is 7. The number of carbonyl (C=O) groups is 2. The molecule has 5 rings (SSSR count). The quantitative estimate of drug-likeness (QED) is 0.508. The minimum atomic E-state index is -0.367. The van der Waals surface area contributed by atoms with Gasteiger partial charge in [-0.1, -0.05) is 31.0 Å². The molecule has 0 spiro atoms. The van der Waals surface area contributed by atoms with Crippen molar-refractivity contribution in [2.24, 2.45) is 11.8 Å². The first kappa shape index (κ1) is 25.0. The highest BCUT2D eigenvalue weighted by atomic mass is 16.2. The van der Waals surface area contributed by atoms with Gasteiger partial charge in [0.2, 0.25) is 5.91 Å². The zero-order valence-electron chi connectivity index (χ0n) is 21.4. The molecule has 37 heavy (non-hydrogen) atoms. The summed E-state index contributed by atoms with van der Waals surface area (Å²) in [6.45, 7) is 4.28. The molecule has 2 aromatic carbocycles. The Morgan fingerprint density at radius 1 is 0.973 bits per heavy atom. The number of nitrogens with one attached hydrogen (secondary N) is 2. The highest BCUT2D eigenvalue weighted by Crippen LogP contribution is 2.30. The lowest BCUT2D eigenvalue weighted by molar-refractivity contribution is -0.121. The molecule has 1 aromatic heterocycles. The van der Waals surface area contributed by atoms with Gasteiger partial charge in [0.1, 0.15) is 0 Å². The highest BCUT2D eigenvalue weighted by Gasteiger charge is 2.32. The summed E-state index contributed by atoms with van der Waals surface area (Å²) < 4.78 is 3.00. The smallest absolute Gasteiger partial charge is 0.331 e. The summed E-state index contributed by atoms with van der Waals surface area (Å²) in [5, 5.41) is 6.46. The molecule has 0 saturated heterocycles. The van der Waals surface area contributed by atoms with Crippen LogP contribution in [0.15, 0.2) is 58.1 Å². The van der Waals surface area contributed by atoms with E-state index in [2.05, 4.69) is 10.6 Å². The maximum Gasteiger partial charge on any atom is 0.331 e. The molecular formula is C29H34N4O4. The van der Waals surface area contributed by atoms with Gasteiger partial charge in [-0.3, -0.25) is 23.5 Å². The normalized spacial score (nSPS) is 19.6. The molecule has 0 radical (unpaired) electrons. The van der Waals surface area contributed by atoms with Gasteiger partial charge >= 0.3 is 5.69 Å². The number of fused-ring (bicyclic) bond motifs is 1. The molecule has 3 aromatic rings. The van der Waals surface area contributed by atoms with Crippen molar-refractivity contribution in [3.63, 3.8) is 0 Å². The van der Waals surface area contributed by atoms with Crippen molar-refractivity contribution in [1.82, 2.24) is 14.5 Å². The van der Waals surface area contributed by atoms with E-state index in [4.69, 9.17) is 0 Å². The first-order valence-corrected chi connectivity index (χ1v) is 13.3. The largest absolute Gasteiger partial charge is 0.349 e. The molecule has 2 fully saturated rings. The fourth-order valence-corrected chi connectivity index (χ4v) is 5.37. The van der Waals surface area contributed by atoms with Crippen LogP contribution < -0.4 is 21.9 Å². The van der Waals surface area contributed by atoms with Crippen LogP contribution in [0.25, 0.3) is 10.9 Å². The maximum atomic E-state index is 13.4. The lowest BCUT2D eigenvalue weighted by Crippen LogP contribution is -2.46. The van der Waals surface area contributed by atoms with Crippen LogP contribution in [0.4, 0.5) is 5.69 Å². The lowest BCUT2D eigenvalue weighted by Gasteiger charge is -2.31. The molecule has 2 saturated carbocycles. The molecule has 2 amide bonds. The van der Waals surface area contributed by atoms with Crippen molar-refractivity contribution in [2.75, 3.05) is 5.32 Å². The van der Waals surface area contributed by atoms with Crippen LogP contribution in [-0.4, -0.2) is 27.0 Å². The molecule has 0 unspecified atom stereocenters. The van der Waals surface area contributed by atoms with Crippen LogP contribution in [-0.2, 0) is 11.3 Å². The number of amides is 2. The van der Waals surface area contributed by atoms with Gasteiger partial charge in [0.15, 0.2) is 0 Å². The van der Waals surface area contributed by atoms with E-state index in [1.165, 1.54) is 4.57 Å². The fourth-order valence-electron chi connectivity index (χ4n) is 5.37. The van der Waals surface area contributed by atoms with Crippen LogP contribution in [0.2, 0.25) is 0 Å². The average molecular weight is 503 g/mol. The zero-order chi connectivity index (χ0) is 26.1. The Morgan fingerprint density at radius 2 is 1.70 bits per heavy atom. The second kappa shape index (κ2) is 10.4. The van der Waals surface area contributed by atoms with E-state index in [1.54, 1.807) is 34.9 Å². The molecule has 2 N–H and O–H groups in total. The third kappa shape index (κ3) is 5.24. The molecule has 0 bridgehead atoms. The van der Waals surface area contributed by atoms with Crippen molar-refractivity contribution in [1.29, 1.82) is 0 Å². The van der Waals surface area contributed by atoms with Crippen molar-refractivity contribution in [2.45, 2.75) is 71.0 Å². The molecule has 8 nitrogen and oxygen atoms in total. The predicted molar refractivity (Wildman–Crippen MR) is 144 cm³/mol. The SMILES string of the molecule is CC(C)n1c(=O)n(CC2CC2)c(=O)c2cc(NC(=O)[C@@H]3CCCC[C@H]3NC(=O)c3ccccc3)ccc21. The van der Waals surface area contributed by atoms with E-state index < -0.39 is 0 Å². The van der Waals surface area contributed by atoms with E-state index in [0.717, 1.165) is 32.1 Å². The molecule has 2 aliphatic rings. The monoisotopic (exact) mass is 502 g/mol. The Balaban J connectivity index is 1.41. The number of nitrogens with zero attached hydrogens (tertiary/aromatic N) is 2. The van der Waals surface area contributed by atoms with Gasteiger partial charge in [-0.05, 0) is 75.8 Å². The Labute approximate surface area is 215 Å². The summed E-state index contributed by atoms with van der Waals surface area (Å²) in [5.74, 6) is -0.347. The Morgan fingerprint density at radius 3 is 2.41 bits per heavy atom. The molecule has 0 aliphatic heterocycles. The average Bonchev–Trinajstić information content (AvgIpc) is 3.72. The minimum absolute atomic E-state index is 0.113. The van der Waals surface area contributed by atoms with Crippen LogP contribution in [0.1, 0.15) is 68.8 Å². The topological polar surface area (TPSA) is 102 Å². The molecule has 2 aliphatic carbocycles. The molecule has 194 valence electrons. The number of aromatic nitrogens is 2. The zero-order valence-corrected chi connectivity index (χ0v) is 21.4. The van der Waals surface area contributed by atoms with E-state index in [1.807, 2.05) is 32.0 Å². The van der Waals surface area contributed by atoms with Gasteiger partial charge in [-0.15, -0.1) is 0 Å². The Bertz CT molecular complexity index is 1440. The number of hydrogen-bond acceptors (Lipinski definition) is 4. The van der Waals surface area contributed by atoms with E-state index in [9.17, 15) is 19.2 Å². The van der Waals surface area contributed by atoms with E-state index in [0.29, 0.717) is 41.0 Å². The summed E-state index contributed by atoms with van der Waals surface area (Å²) in [4.78, 5) is 52.6. The third-order valence-corrected chi connectivity index (χ3v) is 7.55. The van der Waals surface area contributed by atoms with Crippen LogP contribution in [0, 0.1) is 11.8 Å². The third-order valence-electron chi connectivity index (χ3n) is 7.55. The minimum Gasteiger partial charge on any atom is -0.349 e. The van der Waals surface area contributed by atoms with E-state index in [-0.39, 0.29) is 41.1 Å². The second-order valence-electron chi connectivity index (χ2n) is 10.7. The molecule has 2 atom stereocenters. The second-order valence-corrected chi connectivity index (χ2v) is 10.7. The first-order chi connectivity index (χ1) is 17.8. The van der Waals surface area contributed by atoms with Crippen molar-refractivity contribution < 1.29 is 9.59 Å². The summed E-state index contributed by atoms with van der Waals surface area (Å²) in [6, 6.07) is 13.8. The highest BCUT2D eigenvalue weighted by molar-refractivity contribution is 5.97. The first-order valence-electron chi connectivity index (χ1n) is 13.3. The van der Waals surface area contributed by atoms with Gasteiger partial charge in [-0.2, -0.15) is 0 Å². The number of hydrogen-bond donors (Lipinski definition) is 2. The van der Waals surface area contributed by atoms with Gasteiger partial charge in [-0.25, -0.2) is 4.79 Å². The van der Waals surface area contributed by atoms with Crippen LogP contribution in [0.3, 0.4) is 0 Å². The molecule has 8 heteroatoms. The summed E-state index contributed by atoms with van der Waals surface area (Å²) >= 11 is 0. The fraction of sp³-hybridized carbons (Fsp3) is 0.448. The van der Waals surface area contributed by atoms with Crippen molar-refractivity contribution in [3.8, 4) is 0 Å². The Kier molecular flexibility index (Phi) is 7.00. The standard InChI is InChI=1S/C29H34N4O4/c1-18(2)33-25-15-14-21(16-23(25)28(36)32(29(33)37)17-19-12-13-19)30-27(35)22-10-6-7-11-24(22)31-26(34)20-8-4-3-5-9-20/h3-5,8-9,14-16,18-19,22,24H,6-7,10-13,17H2,1-2H3,(H,30,35)(H,31,34)/t22-,24-/m1/s1. The summed E-state index contributed by atoms with van der Waals surface area (Å²) in [7, 11) is 0. The predicted octanol–water partition coefficient (Wildman–Crippen LogP) is 4.08. The molecule has 1 heterocycles. The summed E-state index contributed by atoms with van der Waals surface area (Å²) in [5.41, 5.74) is 1.06. The van der Waals surface area contributed by atoms with Crippen molar-refractivity contribution >= 4 is 28.4 Å². The van der Waals surface area contributed by atoms with Gasteiger partial charge in [0.05, 0.1) is 16.8 Å². The van der Waals surface area contributed by atoms with Crippen LogP contribution in [0.5, 0.6) is 0 Å². The lowest BCUT2D eigenvalue weighted by atomic mass is 9.83. The van der Waals surface area contributed by atoms with Gasteiger partial charge in [0.25, 0.3) is 11.5 Å². The Hall–Kier alpha value is -3.68. The van der Waals surface area contributed by atoms with Gasteiger partial charge < -0.3 is 10.6 Å². The van der Waals surface area contributed by atoms with Crippen molar-refractivity contribution in [3.05, 3.63) is 74.9 Å². The van der Waals surface area contributed by atoms with Crippen LogP contribution >= 0.6 is 0 Å². The molecular weight excluding hydrogens is 468 g/mol. The summed E-state index contributed by atoms with van der Waals surface area (Å²) in [6.07, 6.45) is 5.35. The van der Waals surface area contributed by atoms with Gasteiger partial charge in [0, 0.05) is 29.9 Å².